The number of thiazole rings is 1. The highest BCUT2D eigenvalue weighted by molar-refractivity contribution is 8.00. The molecule has 2 aliphatic heterocycles. The minimum Gasteiger partial charge on any atom is -0.543 e. The number of oxime groups is 1. The van der Waals surface area contributed by atoms with Crippen LogP contribution in [0.2, 0.25) is 0 Å². The summed E-state index contributed by atoms with van der Waals surface area (Å²) in [4.78, 5) is 55.8. The average Bonchev–Trinajstić information content (AvgIpc) is 3.61. The highest BCUT2D eigenvalue weighted by Gasteiger charge is 2.53. The molecular formula is C24H24N8O5S2. The molecule has 5 heterocycles. The zero-order chi connectivity index (χ0) is 27.5. The number of nitrogen functional groups attached to an aromatic ring is 1. The summed E-state index contributed by atoms with van der Waals surface area (Å²) in [6.45, 7) is 2.34. The maximum absolute atomic E-state index is 13.2. The van der Waals surface area contributed by atoms with Crippen LogP contribution in [0.5, 0.6) is 0 Å². The highest BCUT2D eigenvalue weighted by atomic mass is 32.2. The van der Waals surface area contributed by atoms with Gasteiger partial charge in [0.2, 0.25) is 0 Å². The maximum atomic E-state index is 13.2. The predicted molar refractivity (Wildman–Crippen MR) is 140 cm³/mol. The van der Waals surface area contributed by atoms with Crippen molar-refractivity contribution in [2.24, 2.45) is 5.16 Å². The number of imidazole rings is 1. The smallest absolute Gasteiger partial charge is 0.276 e. The standard InChI is InChI=1S/C24H24N8O5S2/c1-2-13-3-5-31(6-4-13)8-14-10-38-22-18(21(34)32(22)19(14)23(35)36)29-20(33)17(16-11-39-24(25)28-16)30-37-9-15-7-26-12-27-15/h3-7,11-12,18,22H,2,8-10H2,1H3,(H4-,25,26,27,28,29,33,35,36)/t18?,22-/m0/s1. The van der Waals surface area contributed by atoms with Crippen molar-refractivity contribution in [3.63, 3.8) is 0 Å². The Balaban J connectivity index is 1.32. The van der Waals surface area contributed by atoms with Crippen molar-refractivity contribution in [3.8, 4) is 0 Å². The van der Waals surface area contributed by atoms with Crippen LogP contribution in [0, 0.1) is 0 Å². The van der Waals surface area contributed by atoms with Gasteiger partial charge in [-0.15, -0.1) is 23.1 Å². The number of amides is 2. The molecule has 0 spiro atoms. The molecule has 5 rings (SSSR count). The molecule has 0 radical (unpaired) electrons. The Hall–Kier alpha value is -4.24. The third-order valence-electron chi connectivity index (χ3n) is 6.17. The molecule has 0 aromatic carbocycles. The molecule has 39 heavy (non-hydrogen) atoms. The fourth-order valence-corrected chi connectivity index (χ4v) is 6.07. The van der Waals surface area contributed by atoms with E-state index in [9.17, 15) is 19.5 Å². The third-order valence-corrected chi connectivity index (χ3v) is 8.19. The number of H-pyrrole nitrogens is 1. The number of nitrogens with zero attached hydrogens (tertiary/aromatic N) is 5. The number of aryl methyl sites for hydroxylation is 1. The van der Waals surface area contributed by atoms with Gasteiger partial charge in [-0.2, -0.15) is 0 Å². The van der Waals surface area contributed by atoms with E-state index < -0.39 is 29.2 Å². The van der Waals surface area contributed by atoms with Crippen LogP contribution in [0.3, 0.4) is 0 Å². The molecule has 3 aromatic rings. The van der Waals surface area contributed by atoms with E-state index in [4.69, 9.17) is 10.6 Å². The Bertz CT molecular complexity index is 1450. The number of nitrogens with two attached hydrogens (primary N) is 1. The van der Waals surface area contributed by atoms with Crippen LogP contribution in [-0.2, 0) is 38.8 Å². The van der Waals surface area contributed by atoms with Crippen molar-refractivity contribution in [1.29, 1.82) is 0 Å². The van der Waals surface area contributed by atoms with E-state index in [0.29, 0.717) is 23.6 Å². The minimum atomic E-state index is -1.44. The number of carbonyl (C=O) groups is 3. The number of carboxylic acids is 1. The minimum absolute atomic E-state index is 0.00373. The summed E-state index contributed by atoms with van der Waals surface area (Å²) in [7, 11) is 0. The topological polar surface area (TPSA) is 183 Å². The first kappa shape index (κ1) is 26.4. The van der Waals surface area contributed by atoms with Crippen molar-refractivity contribution >= 4 is 51.7 Å². The van der Waals surface area contributed by atoms with E-state index in [0.717, 1.165) is 23.3 Å². The van der Waals surface area contributed by atoms with Crippen molar-refractivity contribution < 1.29 is 28.9 Å². The van der Waals surface area contributed by atoms with Crippen molar-refractivity contribution in [2.75, 3.05) is 11.5 Å². The molecule has 2 amide bonds. The van der Waals surface area contributed by atoms with Gasteiger partial charge in [0.25, 0.3) is 11.8 Å². The lowest BCUT2D eigenvalue weighted by molar-refractivity contribution is -0.689. The number of hydrogen-bond donors (Lipinski definition) is 3. The molecule has 15 heteroatoms. The summed E-state index contributed by atoms with van der Waals surface area (Å²) in [5, 5.41) is 19.8. The van der Waals surface area contributed by atoms with Crippen LogP contribution >= 0.6 is 23.1 Å². The number of aromatic nitrogens is 4. The van der Waals surface area contributed by atoms with Crippen LogP contribution in [0.15, 0.2) is 58.9 Å². The lowest BCUT2D eigenvalue weighted by Crippen LogP contribution is -2.71. The molecule has 202 valence electrons. The van der Waals surface area contributed by atoms with E-state index >= 15 is 0 Å². The predicted octanol–water partition coefficient (Wildman–Crippen LogP) is -0.677. The van der Waals surface area contributed by atoms with Crippen molar-refractivity contribution in [1.82, 2.24) is 25.2 Å². The Morgan fingerprint density at radius 2 is 2.18 bits per heavy atom. The van der Waals surface area contributed by atoms with E-state index in [2.05, 4.69) is 25.4 Å². The van der Waals surface area contributed by atoms with E-state index in [1.165, 1.54) is 23.0 Å². The summed E-state index contributed by atoms with van der Waals surface area (Å²) in [6, 6.07) is 2.96. The number of carbonyl (C=O) groups excluding carboxylic acids is 3. The number of aliphatic carboxylic acids is 1. The number of nitrogens with one attached hydrogen (secondary N) is 2. The van der Waals surface area contributed by atoms with Gasteiger partial charge in [0, 0.05) is 35.0 Å². The summed E-state index contributed by atoms with van der Waals surface area (Å²) in [6.07, 6.45) is 7.73. The zero-order valence-electron chi connectivity index (χ0n) is 20.7. The second kappa shape index (κ2) is 11.2. The highest BCUT2D eigenvalue weighted by Crippen LogP contribution is 2.40. The fourth-order valence-electron chi connectivity index (χ4n) is 4.19. The van der Waals surface area contributed by atoms with Crippen LogP contribution in [-0.4, -0.2) is 60.5 Å². The summed E-state index contributed by atoms with van der Waals surface area (Å²) < 4.78 is 1.85. The van der Waals surface area contributed by atoms with Gasteiger partial charge in [0.1, 0.15) is 17.1 Å². The number of rotatable bonds is 10. The number of carboxylic acid groups (broad SMARTS) is 1. The van der Waals surface area contributed by atoms with E-state index in [1.807, 2.05) is 36.0 Å². The van der Waals surface area contributed by atoms with Gasteiger partial charge < -0.3 is 30.8 Å². The molecule has 1 unspecified atom stereocenters. The van der Waals surface area contributed by atoms with Crippen LogP contribution in [0.25, 0.3) is 0 Å². The first-order valence-electron chi connectivity index (χ1n) is 11.9. The molecule has 2 aliphatic rings. The molecule has 1 fully saturated rings. The molecule has 0 saturated carbocycles. The summed E-state index contributed by atoms with van der Waals surface area (Å²) in [5.41, 5.74) is 7.85. The van der Waals surface area contributed by atoms with Gasteiger partial charge in [-0.05, 0) is 12.0 Å². The van der Waals surface area contributed by atoms with Crippen LogP contribution in [0.1, 0.15) is 23.9 Å². The molecule has 0 bridgehead atoms. The van der Waals surface area contributed by atoms with Gasteiger partial charge in [-0.25, -0.2) is 14.5 Å². The van der Waals surface area contributed by atoms with Gasteiger partial charge in [0.05, 0.1) is 23.7 Å². The van der Waals surface area contributed by atoms with Gasteiger partial charge in [-0.1, -0.05) is 12.1 Å². The zero-order valence-corrected chi connectivity index (χ0v) is 22.3. The molecule has 1 saturated heterocycles. The number of aromatic amines is 1. The summed E-state index contributed by atoms with van der Waals surface area (Å²) in [5.74, 6) is -2.36. The number of anilines is 1. The van der Waals surface area contributed by atoms with Gasteiger partial charge >= 0.3 is 0 Å². The number of hydrogen-bond acceptors (Lipinski definition) is 11. The lowest BCUT2D eigenvalue weighted by Gasteiger charge is -2.50. The van der Waals surface area contributed by atoms with Crippen molar-refractivity contribution in [3.05, 3.63) is 70.7 Å². The lowest BCUT2D eigenvalue weighted by atomic mass is 10.0. The van der Waals surface area contributed by atoms with E-state index in [-0.39, 0.29) is 28.8 Å². The second-order valence-electron chi connectivity index (χ2n) is 8.68. The van der Waals surface area contributed by atoms with E-state index in [1.54, 1.807) is 11.6 Å². The average molecular weight is 569 g/mol. The summed E-state index contributed by atoms with van der Waals surface area (Å²) >= 11 is 2.48. The Kier molecular flexibility index (Phi) is 7.60. The number of fused-ring (bicyclic) bond motifs is 1. The van der Waals surface area contributed by atoms with Gasteiger partial charge in [-0.3, -0.25) is 14.5 Å². The Labute approximate surface area is 230 Å². The number of thioether (sulfide) groups is 1. The second-order valence-corrected chi connectivity index (χ2v) is 10.7. The van der Waals surface area contributed by atoms with Crippen LogP contribution < -0.4 is 20.7 Å². The van der Waals surface area contributed by atoms with Crippen molar-refractivity contribution in [2.45, 2.75) is 37.9 Å². The Morgan fingerprint density at radius 3 is 2.82 bits per heavy atom. The largest absolute Gasteiger partial charge is 0.543 e. The molecule has 3 aromatic heterocycles. The molecule has 2 atom stereocenters. The molecular weight excluding hydrogens is 544 g/mol. The molecule has 13 nitrogen and oxygen atoms in total. The normalized spacial score (nSPS) is 18.9. The maximum Gasteiger partial charge on any atom is 0.276 e. The fraction of sp³-hybridized carbons (Fsp3) is 0.292. The number of β-lactam (4-membered cyclic amide) rings is 1. The quantitative estimate of drug-likeness (QED) is 0.123. The number of pyridine rings is 1. The van der Waals surface area contributed by atoms with Crippen LogP contribution in [0.4, 0.5) is 5.13 Å². The molecule has 4 N–H and O–H groups in total. The SMILES string of the molecule is CCc1cc[n+](CC2=C(C(=O)[O-])N3C(=O)C(NC(=O)C(=NOCc4c[nH]cn4)c4csc(N)n4)[C@@H]3SC2)cc1. The first-order chi connectivity index (χ1) is 18.9. The Morgan fingerprint density at radius 1 is 1.38 bits per heavy atom. The first-order valence-corrected chi connectivity index (χ1v) is 13.8. The monoisotopic (exact) mass is 568 g/mol. The molecule has 0 aliphatic carbocycles. The third kappa shape index (κ3) is 5.49. The van der Waals surface area contributed by atoms with Gasteiger partial charge in [0.15, 0.2) is 36.4 Å².